The van der Waals surface area contributed by atoms with E-state index in [1.54, 1.807) is 0 Å². The molecule has 124 valence electrons. The Hall–Kier alpha value is -2.10. The second-order valence-corrected chi connectivity index (χ2v) is 6.59. The average molecular weight is 321 g/mol. The predicted molar refractivity (Wildman–Crippen MR) is 96.0 cm³/mol. The first-order valence-corrected chi connectivity index (χ1v) is 8.58. The van der Waals surface area contributed by atoms with Crippen molar-refractivity contribution in [3.8, 4) is 5.75 Å². The number of fused-ring (bicyclic) bond motifs is 2. The number of morpholine rings is 1. The van der Waals surface area contributed by atoms with E-state index in [-0.39, 0.29) is 0 Å². The van der Waals surface area contributed by atoms with Gasteiger partial charge >= 0.3 is 0 Å². The zero-order valence-electron chi connectivity index (χ0n) is 14.0. The molecule has 2 bridgehead atoms. The maximum Gasteiger partial charge on any atom is 0.127 e. The number of para-hydroxylation sites is 1. The molecule has 0 radical (unpaired) electrons. The van der Waals surface area contributed by atoms with Crippen molar-refractivity contribution < 1.29 is 9.47 Å². The number of likely N-dealkylation sites (N-methyl/N-ethyl adjacent to an activating group) is 1. The molecule has 1 saturated heterocycles. The van der Waals surface area contributed by atoms with Gasteiger partial charge in [-0.05, 0) is 30.7 Å². The first kappa shape index (κ1) is 15.4. The molecular formula is C21H23NO2. The largest absolute Gasteiger partial charge is 0.488 e. The lowest BCUT2D eigenvalue weighted by atomic mass is 9.90. The summed E-state index contributed by atoms with van der Waals surface area (Å²) in [5.41, 5.74) is 3.79. The summed E-state index contributed by atoms with van der Waals surface area (Å²) in [6, 6.07) is 19.5. The van der Waals surface area contributed by atoms with Gasteiger partial charge in [0.05, 0.1) is 19.3 Å². The van der Waals surface area contributed by atoms with Crippen LogP contribution in [0, 0.1) is 0 Å². The summed E-state index contributed by atoms with van der Waals surface area (Å²) in [5, 5.41) is 0. The van der Waals surface area contributed by atoms with Gasteiger partial charge in [0.1, 0.15) is 12.4 Å². The van der Waals surface area contributed by atoms with Crippen LogP contribution in [-0.4, -0.2) is 37.2 Å². The maximum absolute atomic E-state index is 6.14. The van der Waals surface area contributed by atoms with Gasteiger partial charge in [0.25, 0.3) is 0 Å². The third-order valence-corrected chi connectivity index (χ3v) is 5.02. The van der Waals surface area contributed by atoms with Gasteiger partial charge in [-0.15, -0.1) is 0 Å². The van der Waals surface area contributed by atoms with Crippen molar-refractivity contribution in [3.05, 3.63) is 71.8 Å². The van der Waals surface area contributed by atoms with Crippen LogP contribution in [0.15, 0.2) is 60.7 Å². The lowest BCUT2D eigenvalue weighted by Gasteiger charge is -2.42. The highest BCUT2D eigenvalue weighted by atomic mass is 16.5. The normalized spacial score (nSPS) is 23.6. The Morgan fingerprint density at radius 2 is 1.83 bits per heavy atom. The van der Waals surface area contributed by atoms with E-state index in [0.29, 0.717) is 18.7 Å². The molecule has 2 aliphatic rings. The molecule has 1 fully saturated rings. The number of hydrogen-bond acceptors (Lipinski definition) is 3. The Kier molecular flexibility index (Phi) is 4.37. The van der Waals surface area contributed by atoms with E-state index < -0.39 is 0 Å². The molecule has 4 rings (SSSR count). The molecule has 2 atom stereocenters. The summed E-state index contributed by atoms with van der Waals surface area (Å²) in [4.78, 5) is 2.43. The standard InChI is InChI=1S/C21H23NO2/c1-22-18-11-17(12-19(22)15-23-14-18)20-9-5-6-10-21(20)24-13-16-7-3-2-4-8-16/h2-11,18-19H,12-15H2,1H3. The van der Waals surface area contributed by atoms with Crippen LogP contribution in [0.3, 0.4) is 0 Å². The van der Waals surface area contributed by atoms with Crippen LogP contribution in [0.2, 0.25) is 0 Å². The highest BCUT2D eigenvalue weighted by Gasteiger charge is 2.32. The van der Waals surface area contributed by atoms with Crippen molar-refractivity contribution in [2.75, 3.05) is 20.3 Å². The molecule has 2 aromatic carbocycles. The van der Waals surface area contributed by atoms with Crippen LogP contribution in [-0.2, 0) is 11.3 Å². The quantitative estimate of drug-likeness (QED) is 0.856. The van der Waals surface area contributed by atoms with E-state index in [0.717, 1.165) is 25.4 Å². The highest BCUT2D eigenvalue weighted by molar-refractivity contribution is 5.72. The van der Waals surface area contributed by atoms with E-state index in [1.165, 1.54) is 16.7 Å². The Morgan fingerprint density at radius 3 is 2.67 bits per heavy atom. The zero-order chi connectivity index (χ0) is 16.4. The molecule has 2 aliphatic heterocycles. The van der Waals surface area contributed by atoms with Gasteiger partial charge in [-0.3, -0.25) is 4.90 Å². The molecular weight excluding hydrogens is 298 g/mol. The number of rotatable bonds is 4. The third kappa shape index (κ3) is 3.10. The van der Waals surface area contributed by atoms with Gasteiger partial charge in [0, 0.05) is 11.6 Å². The van der Waals surface area contributed by atoms with Crippen molar-refractivity contribution in [3.63, 3.8) is 0 Å². The van der Waals surface area contributed by atoms with Crippen molar-refractivity contribution >= 4 is 5.57 Å². The molecule has 24 heavy (non-hydrogen) atoms. The molecule has 3 heteroatoms. The minimum Gasteiger partial charge on any atom is -0.488 e. The smallest absolute Gasteiger partial charge is 0.127 e. The summed E-state index contributed by atoms with van der Waals surface area (Å²) in [7, 11) is 2.20. The SMILES string of the molecule is CN1C2C=C(c3ccccc3OCc3ccccc3)CC1COC2. The minimum atomic E-state index is 0.370. The van der Waals surface area contributed by atoms with Crippen LogP contribution in [0.4, 0.5) is 0 Å². The molecule has 0 N–H and O–H groups in total. The van der Waals surface area contributed by atoms with Gasteiger partial charge in [-0.1, -0.05) is 54.6 Å². The second kappa shape index (κ2) is 6.80. The first-order chi connectivity index (χ1) is 11.8. The maximum atomic E-state index is 6.14. The van der Waals surface area contributed by atoms with Crippen molar-refractivity contribution in [2.24, 2.45) is 0 Å². The minimum absolute atomic E-state index is 0.370. The number of nitrogens with zero attached hydrogens (tertiary/aromatic N) is 1. The van der Waals surface area contributed by atoms with E-state index in [2.05, 4.69) is 48.4 Å². The van der Waals surface area contributed by atoms with Crippen molar-refractivity contribution in [1.29, 1.82) is 0 Å². The number of hydrogen-bond donors (Lipinski definition) is 0. The summed E-state index contributed by atoms with van der Waals surface area (Å²) in [6.07, 6.45) is 3.36. The molecule has 0 aliphatic carbocycles. The highest BCUT2D eigenvalue weighted by Crippen LogP contribution is 2.35. The number of benzene rings is 2. The fourth-order valence-electron chi connectivity index (χ4n) is 3.55. The Labute approximate surface area is 143 Å². The lowest BCUT2D eigenvalue weighted by Crippen LogP contribution is -2.51. The lowest BCUT2D eigenvalue weighted by molar-refractivity contribution is -0.0221. The fourth-order valence-corrected chi connectivity index (χ4v) is 3.55. The third-order valence-electron chi connectivity index (χ3n) is 5.02. The summed E-state index contributed by atoms with van der Waals surface area (Å²) in [6.45, 7) is 2.20. The second-order valence-electron chi connectivity index (χ2n) is 6.59. The fraction of sp³-hybridized carbons (Fsp3) is 0.333. The predicted octanol–water partition coefficient (Wildman–Crippen LogP) is 3.75. The van der Waals surface area contributed by atoms with Crippen LogP contribution in [0.1, 0.15) is 17.5 Å². The first-order valence-electron chi connectivity index (χ1n) is 8.58. The van der Waals surface area contributed by atoms with E-state index in [4.69, 9.17) is 9.47 Å². The molecule has 2 aromatic rings. The van der Waals surface area contributed by atoms with Crippen LogP contribution in [0.5, 0.6) is 5.75 Å². The van der Waals surface area contributed by atoms with E-state index in [1.807, 2.05) is 24.3 Å². The van der Waals surface area contributed by atoms with E-state index >= 15 is 0 Å². The van der Waals surface area contributed by atoms with Crippen LogP contribution in [0.25, 0.3) is 5.57 Å². The molecule has 0 spiro atoms. The monoisotopic (exact) mass is 321 g/mol. The van der Waals surface area contributed by atoms with Gasteiger partial charge in [-0.25, -0.2) is 0 Å². The van der Waals surface area contributed by atoms with Gasteiger partial charge < -0.3 is 9.47 Å². The Balaban J connectivity index is 1.58. The summed E-state index contributed by atoms with van der Waals surface area (Å²) >= 11 is 0. The summed E-state index contributed by atoms with van der Waals surface area (Å²) in [5.74, 6) is 0.969. The van der Waals surface area contributed by atoms with Gasteiger partial charge in [0.15, 0.2) is 0 Å². The summed E-state index contributed by atoms with van der Waals surface area (Å²) < 4.78 is 11.8. The van der Waals surface area contributed by atoms with E-state index in [9.17, 15) is 0 Å². The van der Waals surface area contributed by atoms with Crippen molar-refractivity contribution in [1.82, 2.24) is 4.90 Å². The molecule has 2 heterocycles. The zero-order valence-corrected chi connectivity index (χ0v) is 14.0. The van der Waals surface area contributed by atoms with Crippen LogP contribution >= 0.6 is 0 Å². The molecule has 0 amide bonds. The van der Waals surface area contributed by atoms with Gasteiger partial charge in [-0.2, -0.15) is 0 Å². The Morgan fingerprint density at radius 1 is 1.04 bits per heavy atom. The van der Waals surface area contributed by atoms with Crippen LogP contribution < -0.4 is 4.74 Å². The molecule has 2 unspecified atom stereocenters. The topological polar surface area (TPSA) is 21.7 Å². The molecule has 0 aromatic heterocycles. The number of ether oxygens (including phenoxy) is 2. The molecule has 0 saturated carbocycles. The Bertz CT molecular complexity index is 726. The van der Waals surface area contributed by atoms with Gasteiger partial charge in [0.2, 0.25) is 0 Å². The molecule has 3 nitrogen and oxygen atoms in total. The average Bonchev–Trinajstić information content (AvgIpc) is 2.61. The van der Waals surface area contributed by atoms with Crippen molar-refractivity contribution in [2.45, 2.75) is 25.1 Å².